The summed E-state index contributed by atoms with van der Waals surface area (Å²) in [7, 11) is 6.82. The van der Waals surface area contributed by atoms with Gasteiger partial charge in [-0.3, -0.25) is 8.97 Å². The standard InChI is InChI=1S/C10H26N2.2C2H4.2CH4.2BrH.U/c1-7-12(8-2,9-3)10-11(4,5)6;2*1-2;;;;;/h7-10H2,1-6H3;2*1-2H2;2*1H4;2*1H;/q+2;;;;;;;/p-2. The summed E-state index contributed by atoms with van der Waals surface area (Å²) >= 11 is 0. The van der Waals surface area contributed by atoms with Gasteiger partial charge in [0.05, 0.1) is 40.8 Å². The average Bonchev–Trinajstić information content (AvgIpc) is 2.30. The van der Waals surface area contributed by atoms with Crippen molar-refractivity contribution in [1.29, 1.82) is 0 Å². The predicted octanol–water partition coefficient (Wildman–Crippen LogP) is -1.59. The molecule has 0 N–H and O–H groups in total. The number of rotatable bonds is 5. The minimum Gasteiger partial charge on any atom is -1.00 e. The second-order valence-corrected chi connectivity index (χ2v) is 4.72. The molecular weight excluding hydrogens is 618 g/mol. The molecule has 5 heteroatoms. The number of halogens is 2. The molecule has 0 unspecified atom stereocenters. The van der Waals surface area contributed by atoms with Crippen LogP contribution in [0.5, 0.6) is 0 Å². The first-order valence-electron chi connectivity index (χ1n) is 6.04. The van der Waals surface area contributed by atoms with E-state index in [9.17, 15) is 0 Å². The van der Waals surface area contributed by atoms with E-state index in [1.165, 1.54) is 30.8 Å². The van der Waals surface area contributed by atoms with E-state index < -0.39 is 0 Å². The van der Waals surface area contributed by atoms with Gasteiger partial charge in [-0.1, -0.05) is 14.9 Å². The van der Waals surface area contributed by atoms with Crippen LogP contribution in [-0.4, -0.2) is 56.4 Å². The molecule has 0 amide bonds. The van der Waals surface area contributed by atoms with Crippen molar-refractivity contribution in [1.82, 2.24) is 0 Å². The molecule has 0 aliphatic heterocycles. The van der Waals surface area contributed by atoms with Crippen molar-refractivity contribution in [3.8, 4) is 0 Å². The summed E-state index contributed by atoms with van der Waals surface area (Å²) in [6.07, 6.45) is 0. The first kappa shape index (κ1) is 49.5. The molecule has 0 radical (unpaired) electrons. The minimum atomic E-state index is 0. The SMILES string of the molecule is C.C.C=C.C=C.CC[N+](CC)(CC)C[N+](C)(C)C.[Br-].[Br-].[U]. The Bertz CT molecular complexity index is 149. The first-order chi connectivity index (χ1) is 7.39. The van der Waals surface area contributed by atoms with E-state index in [1.807, 2.05) is 0 Å². The maximum atomic E-state index is 3.00. The van der Waals surface area contributed by atoms with Crippen molar-refractivity contribution < 1.29 is 74.0 Å². The largest absolute Gasteiger partial charge is 1.00 e. The maximum absolute atomic E-state index is 3.00. The molecule has 0 aromatic heterocycles. The van der Waals surface area contributed by atoms with Gasteiger partial charge in [0.1, 0.15) is 0 Å². The van der Waals surface area contributed by atoms with Gasteiger partial charge in [-0.05, 0) is 20.8 Å². The Kier molecular flexibility index (Phi) is 69.3. The van der Waals surface area contributed by atoms with Gasteiger partial charge in [-0.15, -0.1) is 26.3 Å². The van der Waals surface area contributed by atoms with Crippen molar-refractivity contribution in [3.63, 3.8) is 0 Å². The summed E-state index contributed by atoms with van der Waals surface area (Å²) in [5, 5.41) is 0. The molecule has 0 aliphatic rings. The Hall–Kier alpha value is 1.41. The molecule has 0 spiro atoms. The Morgan fingerprint density at radius 3 is 0.905 bits per heavy atom. The molecule has 0 saturated heterocycles. The van der Waals surface area contributed by atoms with Gasteiger partial charge in [-0.25, -0.2) is 0 Å². The summed E-state index contributed by atoms with van der Waals surface area (Å²) < 4.78 is 2.30. The summed E-state index contributed by atoms with van der Waals surface area (Å²) in [4.78, 5) is 0. The van der Waals surface area contributed by atoms with Crippen molar-refractivity contribution >= 4 is 0 Å². The summed E-state index contributed by atoms with van der Waals surface area (Å²) in [5.74, 6) is 0. The maximum Gasteiger partial charge on any atom is 0.206 e. The normalized spacial score (nSPS) is 8.10. The summed E-state index contributed by atoms with van der Waals surface area (Å²) in [6, 6.07) is 0. The quantitative estimate of drug-likeness (QED) is 0.190. The molecule has 21 heavy (non-hydrogen) atoms. The van der Waals surface area contributed by atoms with Crippen LogP contribution in [0.4, 0.5) is 0 Å². The molecule has 0 heterocycles. The van der Waals surface area contributed by atoms with Crippen LogP contribution in [0.2, 0.25) is 0 Å². The van der Waals surface area contributed by atoms with E-state index in [1.54, 1.807) is 0 Å². The molecule has 0 aromatic carbocycles. The molecule has 2 nitrogen and oxygen atoms in total. The van der Waals surface area contributed by atoms with Crippen molar-refractivity contribution in [2.75, 3.05) is 47.4 Å². The third-order valence-corrected chi connectivity index (χ3v) is 2.74. The zero-order valence-electron chi connectivity index (χ0n) is 13.8. The third-order valence-electron chi connectivity index (χ3n) is 2.74. The Morgan fingerprint density at radius 2 is 0.857 bits per heavy atom. The van der Waals surface area contributed by atoms with Gasteiger partial charge >= 0.3 is 0 Å². The molecule has 0 atom stereocenters. The Balaban J connectivity index is -0.0000000288. The monoisotopic (exact) mass is 658 g/mol. The van der Waals surface area contributed by atoms with Crippen molar-refractivity contribution in [3.05, 3.63) is 26.3 Å². The third kappa shape index (κ3) is 30.0. The van der Waals surface area contributed by atoms with Crippen LogP contribution in [0.15, 0.2) is 26.3 Å². The van der Waals surface area contributed by atoms with E-state index in [2.05, 4.69) is 68.2 Å². The Morgan fingerprint density at radius 1 is 0.667 bits per heavy atom. The van der Waals surface area contributed by atoms with E-state index in [-0.39, 0.29) is 79.9 Å². The summed E-state index contributed by atoms with van der Waals surface area (Å²) in [6.45, 7) is 23.9. The van der Waals surface area contributed by atoms with Gasteiger partial charge in [0.15, 0.2) is 0 Å². The molecule has 0 aromatic rings. The zero-order valence-corrected chi connectivity index (χ0v) is 21.1. The van der Waals surface area contributed by atoms with Gasteiger partial charge < -0.3 is 34.0 Å². The molecule has 134 valence electrons. The fraction of sp³-hybridized carbons (Fsp3) is 0.750. The van der Waals surface area contributed by atoms with Crippen LogP contribution in [0.25, 0.3) is 0 Å². The molecule has 0 fully saturated rings. The molecular formula is C16H42Br2N2U. The smallest absolute Gasteiger partial charge is 0.206 e. The molecule has 0 saturated carbocycles. The van der Waals surface area contributed by atoms with Gasteiger partial charge in [0.2, 0.25) is 6.67 Å². The topological polar surface area (TPSA) is 0 Å². The van der Waals surface area contributed by atoms with Crippen molar-refractivity contribution in [2.24, 2.45) is 0 Å². The van der Waals surface area contributed by atoms with Crippen LogP contribution in [0.1, 0.15) is 35.6 Å². The number of hydrogen-bond acceptors (Lipinski definition) is 0. The molecule has 0 bridgehead atoms. The van der Waals surface area contributed by atoms with Gasteiger partial charge in [-0.2, -0.15) is 0 Å². The van der Waals surface area contributed by atoms with E-state index in [0.29, 0.717) is 0 Å². The fourth-order valence-corrected chi connectivity index (χ4v) is 1.87. The van der Waals surface area contributed by atoms with Crippen LogP contribution in [-0.2, 0) is 0 Å². The second-order valence-electron chi connectivity index (χ2n) is 4.72. The van der Waals surface area contributed by atoms with Gasteiger partial charge in [0, 0.05) is 31.1 Å². The first-order valence-corrected chi connectivity index (χ1v) is 6.04. The second kappa shape index (κ2) is 29.4. The minimum absolute atomic E-state index is 0. The van der Waals surface area contributed by atoms with E-state index >= 15 is 0 Å². The molecule has 0 aliphatic carbocycles. The number of quaternary nitrogens is 2. The fourth-order valence-electron chi connectivity index (χ4n) is 1.87. The zero-order chi connectivity index (χ0) is 13.8. The van der Waals surface area contributed by atoms with E-state index in [4.69, 9.17) is 0 Å². The van der Waals surface area contributed by atoms with Crippen molar-refractivity contribution in [2.45, 2.75) is 35.6 Å². The average molecular weight is 660 g/mol. The van der Waals surface area contributed by atoms with Crippen LogP contribution >= 0.6 is 0 Å². The van der Waals surface area contributed by atoms with E-state index in [0.717, 1.165) is 4.48 Å². The van der Waals surface area contributed by atoms with Gasteiger partial charge in [0.25, 0.3) is 0 Å². The Labute approximate surface area is 182 Å². The van der Waals surface area contributed by atoms with Crippen LogP contribution in [0, 0.1) is 31.1 Å². The summed E-state index contributed by atoms with van der Waals surface area (Å²) in [5.41, 5.74) is 0. The number of nitrogens with zero attached hydrogens (tertiary/aromatic N) is 2. The number of hydrogen-bond donors (Lipinski definition) is 0. The molecule has 0 rings (SSSR count). The van der Waals surface area contributed by atoms with Crippen LogP contribution in [0.3, 0.4) is 0 Å². The predicted molar refractivity (Wildman–Crippen MR) is 90.8 cm³/mol. The van der Waals surface area contributed by atoms with Crippen LogP contribution < -0.4 is 34.0 Å².